The summed E-state index contributed by atoms with van der Waals surface area (Å²) >= 11 is 0. The molecular formula is C23H38IN5O4. The van der Waals surface area contributed by atoms with Crippen LogP contribution in [0, 0.1) is 0 Å². The quantitative estimate of drug-likeness (QED) is 0.264. The van der Waals surface area contributed by atoms with Gasteiger partial charge in [-0.15, -0.1) is 24.0 Å². The molecule has 33 heavy (non-hydrogen) atoms. The second-order valence-corrected chi connectivity index (χ2v) is 7.94. The predicted molar refractivity (Wildman–Crippen MR) is 140 cm³/mol. The third-order valence-corrected chi connectivity index (χ3v) is 5.92. The number of ether oxygens (including phenoxy) is 3. The summed E-state index contributed by atoms with van der Waals surface area (Å²) in [6.07, 6.45) is 2.17. The molecule has 1 aromatic carbocycles. The van der Waals surface area contributed by atoms with Gasteiger partial charge in [0, 0.05) is 39.3 Å². The minimum Gasteiger partial charge on any atom is -0.493 e. The Kier molecular flexibility index (Phi) is 12.0. The lowest BCUT2D eigenvalue weighted by Gasteiger charge is -2.35. The number of nitrogens with zero attached hydrogens (tertiary/aromatic N) is 3. The predicted octanol–water partition coefficient (Wildman–Crippen LogP) is 1.87. The standard InChI is InChI=1S/C23H37N5O4.HI/c1-4-24-23(26-17-22(29)28-9-5-6-10-28)25-16-19(27-11-13-32-14-12-27)18-7-8-20(30-2)21(15-18)31-3;/h7-8,15,19H,4-6,9-14,16-17H2,1-3H3,(H2,24,25,26);1H. The Labute approximate surface area is 214 Å². The number of halogens is 1. The number of carbonyl (C=O) groups is 1. The van der Waals surface area contributed by atoms with Crippen molar-refractivity contribution in [3.63, 3.8) is 0 Å². The second kappa shape index (κ2) is 14.5. The van der Waals surface area contributed by atoms with Crippen LogP contribution in [-0.4, -0.2) is 94.9 Å². The third-order valence-electron chi connectivity index (χ3n) is 5.92. The first-order valence-electron chi connectivity index (χ1n) is 11.5. The minimum absolute atomic E-state index is 0. The van der Waals surface area contributed by atoms with Crippen molar-refractivity contribution in [3.05, 3.63) is 23.8 Å². The molecule has 0 bridgehead atoms. The summed E-state index contributed by atoms with van der Waals surface area (Å²) in [6.45, 7) is 8.35. The monoisotopic (exact) mass is 575 g/mol. The fourth-order valence-corrected chi connectivity index (χ4v) is 4.16. The summed E-state index contributed by atoms with van der Waals surface area (Å²) in [5.41, 5.74) is 1.13. The average molecular weight is 575 g/mol. The van der Waals surface area contributed by atoms with Crippen molar-refractivity contribution in [3.8, 4) is 11.5 Å². The fraction of sp³-hybridized carbons (Fsp3) is 0.652. The van der Waals surface area contributed by atoms with Crippen LogP contribution in [0.5, 0.6) is 11.5 Å². The molecule has 2 N–H and O–H groups in total. The molecule has 0 aliphatic carbocycles. The van der Waals surface area contributed by atoms with Crippen molar-refractivity contribution in [1.82, 2.24) is 20.4 Å². The molecule has 0 radical (unpaired) electrons. The van der Waals surface area contributed by atoms with Gasteiger partial charge in [0.2, 0.25) is 5.91 Å². The van der Waals surface area contributed by atoms with E-state index in [-0.39, 0.29) is 42.5 Å². The molecule has 186 valence electrons. The highest BCUT2D eigenvalue weighted by molar-refractivity contribution is 14.0. The lowest BCUT2D eigenvalue weighted by Crippen LogP contribution is -2.46. The maximum absolute atomic E-state index is 12.4. The van der Waals surface area contributed by atoms with E-state index < -0.39 is 0 Å². The summed E-state index contributed by atoms with van der Waals surface area (Å²) in [7, 11) is 3.29. The van der Waals surface area contributed by atoms with Gasteiger partial charge in [0.05, 0.1) is 33.5 Å². The highest BCUT2D eigenvalue weighted by Gasteiger charge is 2.24. The topological polar surface area (TPSA) is 87.7 Å². The van der Waals surface area contributed by atoms with E-state index in [0.29, 0.717) is 37.2 Å². The van der Waals surface area contributed by atoms with Crippen LogP contribution in [0.2, 0.25) is 0 Å². The van der Waals surface area contributed by atoms with Gasteiger partial charge in [0.15, 0.2) is 17.5 Å². The van der Waals surface area contributed by atoms with Crippen molar-refractivity contribution >= 4 is 35.8 Å². The Morgan fingerprint density at radius 1 is 1.09 bits per heavy atom. The first-order chi connectivity index (χ1) is 15.7. The van der Waals surface area contributed by atoms with Gasteiger partial charge in [-0.2, -0.15) is 0 Å². The summed E-state index contributed by atoms with van der Waals surface area (Å²) in [4.78, 5) is 21.2. The van der Waals surface area contributed by atoms with Crippen molar-refractivity contribution < 1.29 is 19.0 Å². The van der Waals surface area contributed by atoms with Crippen LogP contribution in [0.4, 0.5) is 0 Å². The van der Waals surface area contributed by atoms with E-state index in [1.165, 1.54) is 0 Å². The SMILES string of the molecule is CCNC(=NCC(=O)N1CCCC1)NCC(c1ccc(OC)c(OC)c1)N1CCOCC1.I. The van der Waals surface area contributed by atoms with E-state index in [9.17, 15) is 4.79 Å². The normalized spacial score (nSPS) is 17.8. The number of aliphatic imine (C=N–C) groups is 1. The Bertz CT molecular complexity index is 767. The van der Waals surface area contributed by atoms with Crippen molar-refractivity contribution in [2.45, 2.75) is 25.8 Å². The molecule has 0 saturated carbocycles. The number of carbonyl (C=O) groups excluding carboxylic acids is 1. The number of guanidine groups is 1. The zero-order valence-electron chi connectivity index (χ0n) is 20.0. The number of rotatable bonds is 9. The third kappa shape index (κ3) is 7.89. The number of hydrogen-bond acceptors (Lipinski definition) is 6. The van der Waals surface area contributed by atoms with Crippen LogP contribution >= 0.6 is 24.0 Å². The molecule has 2 aliphatic rings. The van der Waals surface area contributed by atoms with Gasteiger partial charge in [-0.3, -0.25) is 9.69 Å². The van der Waals surface area contributed by atoms with Gasteiger partial charge in [0.1, 0.15) is 6.54 Å². The number of methoxy groups -OCH3 is 2. The van der Waals surface area contributed by atoms with Crippen LogP contribution in [-0.2, 0) is 9.53 Å². The summed E-state index contributed by atoms with van der Waals surface area (Å²) in [5, 5.41) is 6.70. The van der Waals surface area contributed by atoms with Crippen molar-refractivity contribution in [2.24, 2.45) is 4.99 Å². The smallest absolute Gasteiger partial charge is 0.244 e. The highest BCUT2D eigenvalue weighted by atomic mass is 127. The zero-order valence-corrected chi connectivity index (χ0v) is 22.3. The molecule has 0 aromatic heterocycles. The van der Waals surface area contributed by atoms with Gasteiger partial charge >= 0.3 is 0 Å². The molecule has 2 aliphatic heterocycles. The van der Waals surface area contributed by atoms with Gasteiger partial charge in [-0.05, 0) is 37.5 Å². The Hall–Kier alpha value is -1.79. The number of nitrogens with one attached hydrogen (secondary N) is 2. The fourth-order valence-electron chi connectivity index (χ4n) is 4.16. The number of morpholine rings is 1. The Morgan fingerprint density at radius 2 is 1.79 bits per heavy atom. The second-order valence-electron chi connectivity index (χ2n) is 7.94. The molecule has 2 heterocycles. The average Bonchev–Trinajstić information content (AvgIpc) is 3.38. The molecule has 3 rings (SSSR count). The van der Waals surface area contributed by atoms with Gasteiger partial charge in [-0.1, -0.05) is 6.07 Å². The molecule has 1 unspecified atom stereocenters. The van der Waals surface area contributed by atoms with Crippen LogP contribution in [0.15, 0.2) is 23.2 Å². The molecule has 1 aromatic rings. The Balaban J connectivity index is 0.00000385. The van der Waals surface area contributed by atoms with E-state index in [1.54, 1.807) is 14.2 Å². The molecular weight excluding hydrogens is 537 g/mol. The minimum atomic E-state index is 0. The molecule has 1 amide bonds. The molecule has 2 fully saturated rings. The summed E-state index contributed by atoms with van der Waals surface area (Å²) in [5.74, 6) is 2.16. The summed E-state index contributed by atoms with van der Waals surface area (Å²) in [6, 6.07) is 6.14. The lowest BCUT2D eigenvalue weighted by atomic mass is 10.0. The van der Waals surface area contributed by atoms with Crippen LogP contribution in [0.3, 0.4) is 0 Å². The maximum Gasteiger partial charge on any atom is 0.244 e. The van der Waals surface area contributed by atoms with Gasteiger partial charge < -0.3 is 29.7 Å². The summed E-state index contributed by atoms with van der Waals surface area (Å²) < 4.78 is 16.5. The number of benzene rings is 1. The first-order valence-corrected chi connectivity index (χ1v) is 11.5. The lowest BCUT2D eigenvalue weighted by molar-refractivity contribution is -0.128. The number of hydrogen-bond donors (Lipinski definition) is 2. The molecule has 10 heteroatoms. The van der Waals surface area contributed by atoms with E-state index in [0.717, 1.165) is 51.1 Å². The van der Waals surface area contributed by atoms with Crippen LogP contribution in [0.25, 0.3) is 0 Å². The maximum atomic E-state index is 12.4. The number of amides is 1. The largest absolute Gasteiger partial charge is 0.493 e. The molecule has 0 spiro atoms. The zero-order chi connectivity index (χ0) is 22.8. The van der Waals surface area contributed by atoms with Crippen LogP contribution < -0.4 is 20.1 Å². The number of likely N-dealkylation sites (tertiary alicyclic amines) is 1. The van der Waals surface area contributed by atoms with Crippen LogP contribution in [0.1, 0.15) is 31.4 Å². The van der Waals surface area contributed by atoms with E-state index in [1.807, 2.05) is 24.0 Å². The van der Waals surface area contributed by atoms with E-state index in [4.69, 9.17) is 14.2 Å². The molecule has 9 nitrogen and oxygen atoms in total. The van der Waals surface area contributed by atoms with Gasteiger partial charge in [0.25, 0.3) is 0 Å². The van der Waals surface area contributed by atoms with Crippen molar-refractivity contribution in [1.29, 1.82) is 0 Å². The first kappa shape index (κ1) is 27.5. The van der Waals surface area contributed by atoms with Gasteiger partial charge in [-0.25, -0.2) is 4.99 Å². The highest BCUT2D eigenvalue weighted by Crippen LogP contribution is 2.32. The van der Waals surface area contributed by atoms with E-state index >= 15 is 0 Å². The van der Waals surface area contributed by atoms with E-state index in [2.05, 4.69) is 26.6 Å². The Morgan fingerprint density at radius 3 is 2.42 bits per heavy atom. The molecule has 1 atom stereocenters. The van der Waals surface area contributed by atoms with Crippen molar-refractivity contribution in [2.75, 3.05) is 73.2 Å². The molecule has 2 saturated heterocycles.